The third kappa shape index (κ3) is 5.20. The molecule has 1 aliphatic heterocycles. The van der Waals surface area contributed by atoms with Crippen molar-refractivity contribution in [3.63, 3.8) is 0 Å². The Kier molecular flexibility index (Phi) is 7.11. The number of carbonyl (C=O) groups excluding carboxylic acids is 2. The molecule has 3 aromatic rings. The van der Waals surface area contributed by atoms with E-state index in [2.05, 4.69) is 5.32 Å². The van der Waals surface area contributed by atoms with Crippen LogP contribution in [-0.4, -0.2) is 44.0 Å². The summed E-state index contributed by atoms with van der Waals surface area (Å²) in [6, 6.07) is 20.6. The Morgan fingerprint density at radius 1 is 0.941 bits per heavy atom. The maximum atomic E-state index is 13.8. The summed E-state index contributed by atoms with van der Waals surface area (Å²) < 4.78 is 24.4. The largest absolute Gasteiger partial charge is 0.497 e. The second kappa shape index (κ2) is 10.4. The predicted molar refractivity (Wildman–Crippen MR) is 128 cm³/mol. The van der Waals surface area contributed by atoms with Crippen LogP contribution in [0.25, 0.3) is 0 Å². The van der Waals surface area contributed by atoms with Crippen molar-refractivity contribution in [2.24, 2.45) is 5.92 Å². The van der Waals surface area contributed by atoms with Crippen LogP contribution in [0, 0.1) is 11.7 Å². The fraction of sp³-hybridized carbons (Fsp3) is 0.259. The SMILES string of the molecule is COc1ccc(NC(=O)C2CC(c3ccccc3)CN(C(=O)c3cccc(F)c3)C2)c(OC)c1. The number of halogens is 1. The molecule has 0 radical (unpaired) electrons. The number of nitrogens with zero attached hydrogens (tertiary/aromatic N) is 1. The molecule has 1 saturated heterocycles. The minimum atomic E-state index is -0.469. The second-order valence-corrected chi connectivity index (χ2v) is 8.32. The number of hydrogen-bond donors (Lipinski definition) is 1. The first-order valence-corrected chi connectivity index (χ1v) is 11.1. The average Bonchev–Trinajstić information content (AvgIpc) is 2.88. The quantitative estimate of drug-likeness (QED) is 0.575. The second-order valence-electron chi connectivity index (χ2n) is 8.32. The Bertz CT molecular complexity index is 1170. The van der Waals surface area contributed by atoms with E-state index in [0.717, 1.165) is 5.56 Å². The van der Waals surface area contributed by atoms with E-state index in [1.54, 1.807) is 36.3 Å². The summed E-state index contributed by atoms with van der Waals surface area (Å²) in [6.07, 6.45) is 0.585. The first-order chi connectivity index (χ1) is 16.5. The van der Waals surface area contributed by atoms with Gasteiger partial charge in [0.1, 0.15) is 17.3 Å². The molecule has 176 valence electrons. The Hall–Kier alpha value is -3.87. The molecule has 4 rings (SSSR count). The zero-order valence-corrected chi connectivity index (χ0v) is 19.2. The van der Waals surface area contributed by atoms with Gasteiger partial charge in [0.15, 0.2) is 0 Å². The number of rotatable bonds is 6. The van der Waals surface area contributed by atoms with E-state index < -0.39 is 11.7 Å². The molecule has 6 nitrogen and oxygen atoms in total. The Morgan fingerprint density at radius 2 is 1.74 bits per heavy atom. The zero-order chi connectivity index (χ0) is 24.1. The Morgan fingerprint density at radius 3 is 2.44 bits per heavy atom. The molecule has 1 N–H and O–H groups in total. The molecule has 0 spiro atoms. The number of nitrogens with one attached hydrogen (secondary N) is 1. The maximum absolute atomic E-state index is 13.8. The van der Waals surface area contributed by atoms with E-state index in [0.29, 0.717) is 30.2 Å². The number of carbonyl (C=O) groups is 2. The van der Waals surface area contributed by atoms with E-state index in [4.69, 9.17) is 9.47 Å². The zero-order valence-electron chi connectivity index (χ0n) is 19.2. The standard InChI is InChI=1S/C27H27FN2O4/c1-33-23-11-12-24(25(15-23)34-2)29-26(31)21-13-20(18-7-4-3-5-8-18)16-30(17-21)27(32)19-9-6-10-22(28)14-19/h3-12,14-15,20-21H,13,16-17H2,1-2H3,(H,29,31). The summed E-state index contributed by atoms with van der Waals surface area (Å²) in [4.78, 5) is 28.2. The number of amides is 2. The molecule has 0 aromatic heterocycles. The number of anilines is 1. The van der Waals surface area contributed by atoms with Gasteiger partial charge in [0.25, 0.3) is 5.91 Å². The van der Waals surface area contributed by atoms with Gasteiger partial charge in [-0.1, -0.05) is 36.4 Å². The van der Waals surface area contributed by atoms with Crippen LogP contribution < -0.4 is 14.8 Å². The fourth-order valence-electron chi connectivity index (χ4n) is 4.36. The molecule has 7 heteroatoms. The third-order valence-corrected chi connectivity index (χ3v) is 6.12. The van der Waals surface area contributed by atoms with Gasteiger partial charge in [-0.2, -0.15) is 0 Å². The molecule has 2 amide bonds. The van der Waals surface area contributed by atoms with Crippen LogP contribution in [0.1, 0.15) is 28.3 Å². The van der Waals surface area contributed by atoms with Gasteiger partial charge in [0.05, 0.1) is 25.8 Å². The molecule has 0 saturated carbocycles. The van der Waals surface area contributed by atoms with Crippen LogP contribution in [0.4, 0.5) is 10.1 Å². The molecule has 3 aromatic carbocycles. The van der Waals surface area contributed by atoms with Crippen molar-refractivity contribution in [3.05, 3.63) is 89.7 Å². The number of methoxy groups -OCH3 is 2. The molecule has 1 aliphatic rings. The Labute approximate surface area is 198 Å². The van der Waals surface area contributed by atoms with Crippen molar-refractivity contribution in [1.29, 1.82) is 0 Å². The number of piperidine rings is 1. The molecular weight excluding hydrogens is 435 g/mol. The Balaban J connectivity index is 1.59. The van der Waals surface area contributed by atoms with Crippen molar-refractivity contribution in [3.8, 4) is 11.5 Å². The molecular formula is C27H27FN2O4. The lowest BCUT2D eigenvalue weighted by Crippen LogP contribution is -2.46. The maximum Gasteiger partial charge on any atom is 0.253 e. The number of ether oxygens (including phenoxy) is 2. The van der Waals surface area contributed by atoms with Gasteiger partial charge in [0.2, 0.25) is 5.91 Å². The molecule has 2 unspecified atom stereocenters. The highest BCUT2D eigenvalue weighted by Crippen LogP contribution is 2.34. The lowest BCUT2D eigenvalue weighted by atomic mass is 9.83. The monoisotopic (exact) mass is 462 g/mol. The molecule has 2 atom stereocenters. The number of benzene rings is 3. The summed E-state index contributed by atoms with van der Waals surface area (Å²) in [5.41, 5.74) is 1.85. The van der Waals surface area contributed by atoms with E-state index in [1.165, 1.54) is 25.3 Å². The topological polar surface area (TPSA) is 67.9 Å². The smallest absolute Gasteiger partial charge is 0.253 e. The summed E-state index contributed by atoms with van der Waals surface area (Å²) in [6.45, 7) is 0.692. The molecule has 0 bridgehead atoms. The lowest BCUT2D eigenvalue weighted by Gasteiger charge is -2.37. The highest BCUT2D eigenvalue weighted by atomic mass is 19.1. The van der Waals surface area contributed by atoms with Gasteiger partial charge in [-0.15, -0.1) is 0 Å². The van der Waals surface area contributed by atoms with E-state index in [9.17, 15) is 14.0 Å². The van der Waals surface area contributed by atoms with Gasteiger partial charge >= 0.3 is 0 Å². The molecule has 0 aliphatic carbocycles. The lowest BCUT2D eigenvalue weighted by molar-refractivity contribution is -0.121. The summed E-state index contributed by atoms with van der Waals surface area (Å²) in [7, 11) is 3.08. The average molecular weight is 463 g/mol. The van der Waals surface area contributed by atoms with Crippen LogP contribution in [0.5, 0.6) is 11.5 Å². The van der Waals surface area contributed by atoms with E-state index >= 15 is 0 Å². The van der Waals surface area contributed by atoms with Gasteiger partial charge in [0, 0.05) is 30.6 Å². The first kappa shape index (κ1) is 23.3. The number of likely N-dealkylation sites (tertiary alicyclic amines) is 1. The predicted octanol–water partition coefficient (Wildman–Crippen LogP) is 4.73. The molecule has 34 heavy (non-hydrogen) atoms. The van der Waals surface area contributed by atoms with Crippen molar-refractivity contribution in [2.45, 2.75) is 12.3 Å². The third-order valence-electron chi connectivity index (χ3n) is 6.12. The minimum Gasteiger partial charge on any atom is -0.497 e. The van der Waals surface area contributed by atoms with Crippen molar-refractivity contribution >= 4 is 17.5 Å². The molecule has 1 heterocycles. The summed E-state index contributed by atoms with van der Waals surface area (Å²) in [5.74, 6) is -0.354. The van der Waals surface area contributed by atoms with Gasteiger partial charge in [-0.25, -0.2) is 4.39 Å². The minimum absolute atomic E-state index is 0.0269. The normalized spacial score (nSPS) is 17.7. The molecule has 1 fully saturated rings. The highest BCUT2D eigenvalue weighted by Gasteiger charge is 2.35. The van der Waals surface area contributed by atoms with E-state index in [-0.39, 0.29) is 29.8 Å². The van der Waals surface area contributed by atoms with Crippen molar-refractivity contribution in [1.82, 2.24) is 4.90 Å². The van der Waals surface area contributed by atoms with E-state index in [1.807, 2.05) is 30.3 Å². The van der Waals surface area contributed by atoms with Crippen molar-refractivity contribution < 1.29 is 23.5 Å². The number of hydrogen-bond acceptors (Lipinski definition) is 4. The van der Waals surface area contributed by atoms with Crippen LogP contribution in [0.15, 0.2) is 72.8 Å². The van der Waals surface area contributed by atoms with Gasteiger partial charge in [-0.05, 0) is 42.3 Å². The van der Waals surface area contributed by atoms with Crippen LogP contribution in [0.2, 0.25) is 0 Å². The van der Waals surface area contributed by atoms with Crippen LogP contribution in [0.3, 0.4) is 0 Å². The van der Waals surface area contributed by atoms with Crippen LogP contribution in [-0.2, 0) is 4.79 Å². The van der Waals surface area contributed by atoms with Gasteiger partial charge in [-0.3, -0.25) is 9.59 Å². The van der Waals surface area contributed by atoms with Crippen molar-refractivity contribution in [2.75, 3.05) is 32.6 Å². The summed E-state index contributed by atoms with van der Waals surface area (Å²) >= 11 is 0. The van der Waals surface area contributed by atoms with Crippen LogP contribution >= 0.6 is 0 Å². The van der Waals surface area contributed by atoms with Gasteiger partial charge < -0.3 is 19.7 Å². The summed E-state index contributed by atoms with van der Waals surface area (Å²) in [5, 5.41) is 2.95. The first-order valence-electron chi connectivity index (χ1n) is 11.1. The highest BCUT2D eigenvalue weighted by molar-refractivity contribution is 5.97. The fourth-order valence-corrected chi connectivity index (χ4v) is 4.36.